The maximum Gasteiger partial charge on any atom is 0.335 e. The van der Waals surface area contributed by atoms with Gasteiger partial charge in [-0.15, -0.1) is 0 Å². The molecule has 2 N–H and O–H groups in total. The van der Waals surface area contributed by atoms with E-state index in [0.29, 0.717) is 22.0 Å². The Morgan fingerprint density at radius 2 is 1.77 bits per heavy atom. The summed E-state index contributed by atoms with van der Waals surface area (Å²) in [5, 5.41) is 5.23. The number of halogens is 2. The quantitative estimate of drug-likeness (QED) is 0.266. The van der Waals surface area contributed by atoms with Crippen LogP contribution in [0, 0.1) is 0 Å². The number of urea groups is 1. The summed E-state index contributed by atoms with van der Waals surface area (Å²) in [5.41, 5.74) is 0.749. The molecule has 0 spiro atoms. The lowest BCUT2D eigenvalue weighted by Gasteiger charge is -2.26. The van der Waals surface area contributed by atoms with Gasteiger partial charge in [0.1, 0.15) is 11.3 Å². The molecule has 1 aliphatic heterocycles. The largest absolute Gasteiger partial charge is 0.497 e. The molecule has 3 aromatic rings. The van der Waals surface area contributed by atoms with E-state index in [0.717, 1.165) is 4.90 Å². The average molecular weight is 584 g/mol. The minimum Gasteiger partial charge on any atom is -0.497 e. The zero-order valence-corrected chi connectivity index (χ0v) is 22.8. The number of hydrogen-bond acceptors (Lipinski definition) is 7. The van der Waals surface area contributed by atoms with Crippen molar-refractivity contribution in [2.24, 2.45) is 0 Å². The summed E-state index contributed by atoms with van der Waals surface area (Å²) in [4.78, 5) is 51.4. The number of anilines is 2. The summed E-state index contributed by atoms with van der Waals surface area (Å²) in [5.74, 6) is -1.23. The molecule has 3 aromatic carbocycles. The number of nitrogens with zero attached hydrogens (tertiary/aromatic N) is 1. The van der Waals surface area contributed by atoms with Gasteiger partial charge in [-0.25, -0.2) is 9.69 Å². The van der Waals surface area contributed by atoms with Crippen LogP contribution in [0.25, 0.3) is 6.08 Å². The third kappa shape index (κ3) is 6.53. The zero-order chi connectivity index (χ0) is 28.8. The summed E-state index contributed by atoms with van der Waals surface area (Å²) in [7, 11) is 1.54. The van der Waals surface area contributed by atoms with E-state index >= 15 is 0 Å². The first-order valence-corrected chi connectivity index (χ1v) is 12.7. The molecule has 0 aliphatic carbocycles. The number of hydrogen-bond donors (Lipinski definition) is 2. The summed E-state index contributed by atoms with van der Waals surface area (Å²) in [6.07, 6.45) is 1.27. The Morgan fingerprint density at radius 3 is 2.45 bits per heavy atom. The Balaban J connectivity index is 1.56. The highest BCUT2D eigenvalue weighted by molar-refractivity contribution is 6.39. The van der Waals surface area contributed by atoms with E-state index < -0.39 is 23.8 Å². The lowest BCUT2D eigenvalue weighted by atomic mass is 10.1. The highest BCUT2D eigenvalue weighted by Crippen LogP contribution is 2.38. The summed E-state index contributed by atoms with van der Waals surface area (Å²) >= 11 is 12.5. The number of benzene rings is 3. The first-order chi connectivity index (χ1) is 19.2. The molecule has 10 nitrogen and oxygen atoms in total. The van der Waals surface area contributed by atoms with Crippen molar-refractivity contribution in [2.45, 2.75) is 6.92 Å². The number of barbiturate groups is 1. The van der Waals surface area contributed by atoms with E-state index in [1.54, 1.807) is 50.4 Å². The predicted molar refractivity (Wildman–Crippen MR) is 150 cm³/mol. The monoisotopic (exact) mass is 583 g/mol. The molecule has 0 atom stereocenters. The normalized spacial score (nSPS) is 14.2. The van der Waals surface area contributed by atoms with Crippen molar-refractivity contribution in [1.82, 2.24) is 5.32 Å². The average Bonchev–Trinajstić information content (AvgIpc) is 2.91. The number of imide groups is 2. The molecule has 1 saturated heterocycles. The number of carbonyl (C=O) groups excluding carboxylic acids is 4. The van der Waals surface area contributed by atoms with Crippen LogP contribution >= 0.6 is 23.2 Å². The van der Waals surface area contributed by atoms with Gasteiger partial charge in [0.25, 0.3) is 17.7 Å². The molecule has 12 heteroatoms. The van der Waals surface area contributed by atoms with Crippen molar-refractivity contribution in [3.63, 3.8) is 0 Å². The van der Waals surface area contributed by atoms with Crippen molar-refractivity contribution in [3.8, 4) is 17.2 Å². The molecule has 206 valence electrons. The van der Waals surface area contributed by atoms with Crippen LogP contribution in [-0.4, -0.2) is 44.1 Å². The van der Waals surface area contributed by atoms with Gasteiger partial charge in [0.05, 0.1) is 24.4 Å². The van der Waals surface area contributed by atoms with Crippen molar-refractivity contribution >= 4 is 64.4 Å². The Hall–Kier alpha value is -4.54. The van der Waals surface area contributed by atoms with Gasteiger partial charge in [-0.3, -0.25) is 19.7 Å². The van der Waals surface area contributed by atoms with Gasteiger partial charge in [-0.05, 0) is 73.2 Å². The van der Waals surface area contributed by atoms with E-state index in [1.807, 2.05) is 0 Å². The Bertz CT molecular complexity index is 1510. The Labute approximate surface area is 239 Å². The topological polar surface area (TPSA) is 123 Å². The van der Waals surface area contributed by atoms with Crippen LogP contribution in [0.2, 0.25) is 10.0 Å². The minimum absolute atomic E-state index is 0.0708. The molecule has 0 radical (unpaired) electrons. The smallest absolute Gasteiger partial charge is 0.335 e. The standard InChI is InChI=1S/C28H23Cl2N3O7/c1-3-39-23-13-16(11-21-26(35)32-28(37)33(27(21)36)19-6-4-5-17(29)14-19)12-22(30)25(23)40-15-24(34)31-18-7-9-20(38-2)10-8-18/h4-14H,3,15H2,1-2H3,(H,31,34)(H,32,35,37)/b21-11+. The molecule has 1 heterocycles. The molecule has 0 saturated carbocycles. The van der Waals surface area contributed by atoms with Crippen molar-refractivity contribution in [2.75, 3.05) is 30.5 Å². The molecule has 1 fully saturated rings. The van der Waals surface area contributed by atoms with E-state index in [1.165, 1.54) is 30.3 Å². The second-order valence-corrected chi connectivity index (χ2v) is 9.11. The van der Waals surface area contributed by atoms with Gasteiger partial charge in [0.2, 0.25) is 0 Å². The highest BCUT2D eigenvalue weighted by Gasteiger charge is 2.37. The van der Waals surface area contributed by atoms with Gasteiger partial charge < -0.3 is 19.5 Å². The van der Waals surface area contributed by atoms with E-state index in [9.17, 15) is 19.2 Å². The molecule has 40 heavy (non-hydrogen) atoms. The fraction of sp³-hybridized carbons (Fsp3) is 0.143. The van der Waals surface area contributed by atoms with Crippen LogP contribution in [0.1, 0.15) is 12.5 Å². The van der Waals surface area contributed by atoms with Crippen molar-refractivity contribution in [3.05, 3.63) is 81.8 Å². The molecule has 4 rings (SSSR count). The van der Waals surface area contributed by atoms with Gasteiger partial charge in [-0.2, -0.15) is 0 Å². The summed E-state index contributed by atoms with van der Waals surface area (Å²) in [6, 6.07) is 14.9. The molecular formula is C28H23Cl2N3O7. The SMILES string of the molecule is CCOc1cc(/C=C2\C(=O)NC(=O)N(c3cccc(Cl)c3)C2=O)cc(Cl)c1OCC(=O)Nc1ccc(OC)cc1. The minimum atomic E-state index is -0.904. The van der Waals surface area contributed by atoms with Gasteiger partial charge in [0.15, 0.2) is 18.1 Å². The van der Waals surface area contributed by atoms with Crippen LogP contribution in [-0.2, 0) is 14.4 Å². The van der Waals surface area contributed by atoms with E-state index in [2.05, 4.69) is 10.6 Å². The third-order valence-corrected chi connectivity index (χ3v) is 6.05. The van der Waals surface area contributed by atoms with Crippen molar-refractivity contribution in [1.29, 1.82) is 0 Å². The lowest BCUT2D eigenvalue weighted by molar-refractivity contribution is -0.122. The predicted octanol–water partition coefficient (Wildman–Crippen LogP) is 5.08. The fourth-order valence-corrected chi connectivity index (χ4v) is 4.22. The summed E-state index contributed by atoms with van der Waals surface area (Å²) in [6.45, 7) is 1.61. The maximum absolute atomic E-state index is 13.2. The summed E-state index contributed by atoms with van der Waals surface area (Å²) < 4.78 is 16.4. The number of nitrogens with one attached hydrogen (secondary N) is 2. The number of methoxy groups -OCH3 is 1. The van der Waals surface area contributed by atoms with E-state index in [-0.39, 0.29) is 41.0 Å². The molecule has 0 aromatic heterocycles. The third-order valence-electron chi connectivity index (χ3n) is 5.53. The van der Waals surface area contributed by atoms with Gasteiger partial charge in [0, 0.05) is 10.7 Å². The first kappa shape index (κ1) is 28.5. The maximum atomic E-state index is 13.2. The van der Waals surface area contributed by atoms with Crippen LogP contribution < -0.4 is 29.7 Å². The number of amides is 5. The number of carbonyl (C=O) groups is 4. The first-order valence-electron chi connectivity index (χ1n) is 11.9. The van der Waals surface area contributed by atoms with Crippen molar-refractivity contribution < 1.29 is 33.4 Å². The van der Waals surface area contributed by atoms with Crippen LogP contribution in [0.4, 0.5) is 16.2 Å². The molecule has 0 bridgehead atoms. The second kappa shape index (κ2) is 12.5. The Morgan fingerprint density at radius 1 is 1.02 bits per heavy atom. The van der Waals surface area contributed by atoms with E-state index in [4.69, 9.17) is 37.4 Å². The van der Waals surface area contributed by atoms with Gasteiger partial charge in [-0.1, -0.05) is 29.3 Å². The second-order valence-electron chi connectivity index (χ2n) is 8.27. The van der Waals surface area contributed by atoms with Gasteiger partial charge >= 0.3 is 6.03 Å². The fourth-order valence-electron chi connectivity index (χ4n) is 3.76. The zero-order valence-electron chi connectivity index (χ0n) is 21.3. The molecule has 0 unspecified atom stereocenters. The van der Waals surface area contributed by atoms with Crippen LogP contribution in [0.5, 0.6) is 17.2 Å². The van der Waals surface area contributed by atoms with Crippen LogP contribution in [0.3, 0.4) is 0 Å². The molecule has 5 amide bonds. The lowest BCUT2D eigenvalue weighted by Crippen LogP contribution is -2.54. The van der Waals surface area contributed by atoms with Crippen LogP contribution in [0.15, 0.2) is 66.2 Å². The Kier molecular flexibility index (Phi) is 8.93. The number of ether oxygens (including phenoxy) is 3. The highest BCUT2D eigenvalue weighted by atomic mass is 35.5. The molecular weight excluding hydrogens is 561 g/mol. The number of rotatable bonds is 9. The molecule has 1 aliphatic rings.